The molecule has 0 saturated carbocycles. The number of nitrogens with zero attached hydrogens (tertiary/aromatic N) is 2. The summed E-state index contributed by atoms with van der Waals surface area (Å²) >= 11 is 4.78. The van der Waals surface area contributed by atoms with Crippen LogP contribution in [0.4, 0.5) is 0 Å². The van der Waals surface area contributed by atoms with Gasteiger partial charge in [-0.1, -0.05) is 0 Å². The molecule has 0 bridgehead atoms. The first-order valence-corrected chi connectivity index (χ1v) is 4.03. The van der Waals surface area contributed by atoms with Crippen molar-refractivity contribution in [1.82, 2.24) is 4.90 Å². The number of rotatable bonds is 5. The average molecular weight is 187 g/mol. The molecule has 0 rings (SSSR count). The normalized spacial score (nSPS) is 9.00. The fraction of sp³-hybridized carbons (Fsp3) is 0.714. The van der Waals surface area contributed by atoms with Gasteiger partial charge in [-0.05, 0) is 12.2 Å². The van der Waals surface area contributed by atoms with Gasteiger partial charge in [-0.3, -0.25) is 0 Å². The second-order valence-electron chi connectivity index (χ2n) is 2.23. The van der Waals surface area contributed by atoms with E-state index in [1.165, 1.54) is 0 Å². The lowest BCUT2D eigenvalue weighted by Gasteiger charge is -2.20. The van der Waals surface area contributed by atoms with Crippen LogP contribution in [0.25, 0.3) is 0 Å². The van der Waals surface area contributed by atoms with E-state index in [1.54, 1.807) is 12.0 Å². The summed E-state index contributed by atoms with van der Waals surface area (Å²) in [5.74, 6) is 0. The van der Waals surface area contributed by atoms with Crippen molar-refractivity contribution in [2.75, 3.05) is 26.8 Å². The minimum absolute atomic E-state index is 0.322. The first-order chi connectivity index (χ1) is 5.72. The van der Waals surface area contributed by atoms with Crippen molar-refractivity contribution < 1.29 is 4.74 Å². The molecule has 0 aliphatic carbocycles. The number of hydrogen-bond acceptors (Lipinski definition) is 3. The second-order valence-corrected chi connectivity index (χ2v) is 2.64. The number of ether oxygens (including phenoxy) is 1. The van der Waals surface area contributed by atoms with Crippen molar-refractivity contribution in [2.24, 2.45) is 5.73 Å². The molecule has 68 valence electrons. The van der Waals surface area contributed by atoms with Crippen molar-refractivity contribution in [2.45, 2.75) is 6.42 Å². The van der Waals surface area contributed by atoms with E-state index in [9.17, 15) is 0 Å². The summed E-state index contributed by atoms with van der Waals surface area (Å²) in [7, 11) is 1.61. The second kappa shape index (κ2) is 6.83. The zero-order chi connectivity index (χ0) is 9.40. The van der Waals surface area contributed by atoms with Crippen LogP contribution in [0.1, 0.15) is 6.42 Å². The number of hydrogen-bond donors (Lipinski definition) is 1. The van der Waals surface area contributed by atoms with Crippen LogP contribution < -0.4 is 5.73 Å². The molecule has 4 nitrogen and oxygen atoms in total. The van der Waals surface area contributed by atoms with Crippen molar-refractivity contribution in [3.63, 3.8) is 0 Å². The summed E-state index contributed by atoms with van der Waals surface area (Å²) in [5, 5.41) is 8.65. The van der Waals surface area contributed by atoms with Crippen LogP contribution in [0, 0.1) is 11.3 Å². The molecule has 0 aliphatic rings. The number of nitrogens with two attached hydrogens (primary N) is 1. The third-order valence-corrected chi connectivity index (χ3v) is 1.63. The maximum atomic E-state index is 8.33. The predicted octanol–water partition coefficient (Wildman–Crippen LogP) is 0.0921. The molecule has 0 amide bonds. The van der Waals surface area contributed by atoms with Crippen LogP contribution >= 0.6 is 12.2 Å². The molecule has 0 aromatic rings. The summed E-state index contributed by atoms with van der Waals surface area (Å²) in [6, 6.07) is 2.03. The largest absolute Gasteiger partial charge is 0.383 e. The van der Waals surface area contributed by atoms with E-state index < -0.39 is 0 Å². The topological polar surface area (TPSA) is 62.3 Å². The van der Waals surface area contributed by atoms with Gasteiger partial charge in [0.05, 0.1) is 19.1 Å². The summed E-state index contributed by atoms with van der Waals surface area (Å²) in [4.78, 5) is 1.75. The molecular weight excluding hydrogens is 174 g/mol. The third-order valence-electron chi connectivity index (χ3n) is 1.37. The molecule has 2 N–H and O–H groups in total. The van der Waals surface area contributed by atoms with Crippen LogP contribution in [-0.2, 0) is 4.74 Å². The minimum Gasteiger partial charge on any atom is -0.383 e. The Hall–Kier alpha value is -0.860. The Kier molecular flexibility index (Phi) is 6.34. The van der Waals surface area contributed by atoms with Crippen LogP contribution in [-0.4, -0.2) is 36.8 Å². The molecule has 12 heavy (non-hydrogen) atoms. The maximum absolute atomic E-state index is 8.33. The Bertz CT molecular complexity index is 178. The summed E-state index contributed by atoms with van der Waals surface area (Å²) in [5.41, 5.74) is 5.41. The molecule has 0 radical (unpaired) electrons. The molecule has 0 aliphatic heterocycles. The lowest BCUT2D eigenvalue weighted by Crippen LogP contribution is -2.38. The zero-order valence-electron chi connectivity index (χ0n) is 7.12. The van der Waals surface area contributed by atoms with Gasteiger partial charge >= 0.3 is 0 Å². The van der Waals surface area contributed by atoms with E-state index in [2.05, 4.69) is 0 Å². The molecule has 0 aromatic heterocycles. The van der Waals surface area contributed by atoms with E-state index in [0.717, 1.165) is 0 Å². The van der Waals surface area contributed by atoms with Gasteiger partial charge in [0.25, 0.3) is 0 Å². The number of nitriles is 1. The Balaban J connectivity index is 3.72. The lowest BCUT2D eigenvalue weighted by molar-refractivity contribution is 0.177. The highest BCUT2D eigenvalue weighted by Gasteiger charge is 2.04. The van der Waals surface area contributed by atoms with Gasteiger partial charge < -0.3 is 15.4 Å². The van der Waals surface area contributed by atoms with Crippen LogP contribution in [0.2, 0.25) is 0 Å². The fourth-order valence-corrected chi connectivity index (χ4v) is 0.901. The fourth-order valence-electron chi connectivity index (χ4n) is 0.719. The molecule has 0 heterocycles. The van der Waals surface area contributed by atoms with Gasteiger partial charge in [-0.25, -0.2) is 0 Å². The van der Waals surface area contributed by atoms with Crippen LogP contribution in [0.3, 0.4) is 0 Å². The molecule has 5 heteroatoms. The quantitative estimate of drug-likeness (QED) is 0.618. The highest BCUT2D eigenvalue weighted by Crippen LogP contribution is 1.90. The lowest BCUT2D eigenvalue weighted by atomic mass is 10.4. The van der Waals surface area contributed by atoms with E-state index in [4.69, 9.17) is 28.0 Å². The van der Waals surface area contributed by atoms with E-state index in [0.29, 0.717) is 31.2 Å². The van der Waals surface area contributed by atoms with Crippen LogP contribution in [0.5, 0.6) is 0 Å². The maximum Gasteiger partial charge on any atom is 0.166 e. The van der Waals surface area contributed by atoms with Gasteiger partial charge in [-0.2, -0.15) is 5.26 Å². The summed E-state index contributed by atoms with van der Waals surface area (Å²) in [6.45, 7) is 1.80. The Labute approximate surface area is 77.9 Å². The SMILES string of the molecule is COCCN(CCC#N)C(N)=S. The minimum atomic E-state index is 0.322. The Morgan fingerprint density at radius 2 is 2.33 bits per heavy atom. The van der Waals surface area contributed by atoms with Gasteiger partial charge in [0.2, 0.25) is 0 Å². The van der Waals surface area contributed by atoms with Crippen molar-refractivity contribution in [3.05, 3.63) is 0 Å². The molecule has 0 fully saturated rings. The van der Waals surface area contributed by atoms with Crippen LogP contribution in [0.15, 0.2) is 0 Å². The highest BCUT2D eigenvalue weighted by atomic mass is 32.1. The zero-order valence-corrected chi connectivity index (χ0v) is 7.93. The van der Waals surface area contributed by atoms with E-state index >= 15 is 0 Å². The first-order valence-electron chi connectivity index (χ1n) is 3.62. The molecule has 0 atom stereocenters. The van der Waals surface area contributed by atoms with Crippen molar-refractivity contribution in [1.29, 1.82) is 5.26 Å². The number of methoxy groups -OCH3 is 1. The molecule has 0 unspecified atom stereocenters. The van der Waals surface area contributed by atoms with Gasteiger partial charge in [0, 0.05) is 20.2 Å². The monoisotopic (exact) mass is 187 g/mol. The summed E-state index contributed by atoms with van der Waals surface area (Å²) < 4.78 is 4.86. The molecular formula is C7H13N3OS. The standard InChI is InChI=1S/C7H13N3OS/c1-11-6-5-10(7(9)12)4-2-3-8/h2,4-6H2,1H3,(H2,9,12). The van der Waals surface area contributed by atoms with Gasteiger partial charge in [0.1, 0.15) is 0 Å². The molecule has 0 spiro atoms. The first kappa shape index (κ1) is 11.1. The average Bonchev–Trinajstić information content (AvgIpc) is 2.04. The van der Waals surface area contributed by atoms with E-state index in [1.807, 2.05) is 6.07 Å². The Morgan fingerprint density at radius 3 is 2.75 bits per heavy atom. The number of thiocarbonyl (C=S) groups is 1. The van der Waals surface area contributed by atoms with E-state index in [-0.39, 0.29) is 0 Å². The third kappa shape index (κ3) is 4.88. The van der Waals surface area contributed by atoms with Crippen molar-refractivity contribution >= 4 is 17.3 Å². The highest BCUT2D eigenvalue weighted by molar-refractivity contribution is 7.80. The van der Waals surface area contributed by atoms with Gasteiger partial charge in [0.15, 0.2) is 5.11 Å². The Morgan fingerprint density at radius 1 is 1.67 bits per heavy atom. The van der Waals surface area contributed by atoms with Gasteiger partial charge in [-0.15, -0.1) is 0 Å². The predicted molar refractivity (Wildman–Crippen MR) is 50.5 cm³/mol. The smallest absolute Gasteiger partial charge is 0.166 e. The molecule has 0 aromatic carbocycles. The molecule has 0 saturated heterocycles. The summed E-state index contributed by atoms with van der Waals surface area (Å²) in [6.07, 6.45) is 0.432. The van der Waals surface area contributed by atoms with Crippen molar-refractivity contribution in [3.8, 4) is 6.07 Å².